The average Bonchev–Trinajstić information content (AvgIpc) is 2.41. The third kappa shape index (κ3) is 3.34. The summed E-state index contributed by atoms with van der Waals surface area (Å²) in [5, 5.41) is 0. The summed E-state index contributed by atoms with van der Waals surface area (Å²) >= 11 is 0. The van der Waals surface area contributed by atoms with Crippen molar-refractivity contribution in [2.45, 2.75) is 32.9 Å². The first kappa shape index (κ1) is 13.6. The topological polar surface area (TPSA) is 46.6 Å². The number of piperidine rings is 1. The molecule has 1 aliphatic rings. The van der Waals surface area contributed by atoms with Crippen LogP contribution in [0.3, 0.4) is 0 Å². The van der Waals surface area contributed by atoms with E-state index < -0.39 is 0 Å². The van der Waals surface area contributed by atoms with E-state index in [4.69, 9.17) is 4.74 Å². The average molecular weight is 261 g/mol. The van der Waals surface area contributed by atoms with Crippen molar-refractivity contribution in [1.29, 1.82) is 0 Å². The number of ether oxygens (including phenoxy) is 1. The zero-order valence-corrected chi connectivity index (χ0v) is 11.3. The molecule has 0 N–H and O–H groups in total. The lowest BCUT2D eigenvalue weighted by molar-refractivity contribution is -0.126. The van der Waals surface area contributed by atoms with Crippen LogP contribution in [-0.2, 0) is 16.1 Å². The van der Waals surface area contributed by atoms with E-state index in [0.29, 0.717) is 13.0 Å². The minimum absolute atomic E-state index is 0.0769. The van der Waals surface area contributed by atoms with Gasteiger partial charge in [0.2, 0.25) is 0 Å². The molecule has 0 radical (unpaired) electrons. The van der Waals surface area contributed by atoms with Gasteiger partial charge in [-0.25, -0.2) is 4.79 Å². The predicted molar refractivity (Wildman–Crippen MR) is 71.6 cm³/mol. The molecule has 2 atom stereocenters. The van der Waals surface area contributed by atoms with Crippen molar-refractivity contribution >= 4 is 11.9 Å². The molecule has 0 aliphatic carbocycles. The molecule has 0 bridgehead atoms. The van der Waals surface area contributed by atoms with Crippen LogP contribution in [0.1, 0.15) is 25.8 Å². The summed E-state index contributed by atoms with van der Waals surface area (Å²) in [6.07, 6.45) is 0.0809. The standard InChI is InChI=1S/C15H19NO3/c1-11-9-16(12(2)8-14(11)17)15(18)19-10-13-6-4-3-5-7-13/h3-7,11-12H,8-10H2,1-2H3. The van der Waals surface area contributed by atoms with Crippen molar-refractivity contribution in [3.8, 4) is 0 Å². The second-order valence-corrected chi connectivity index (χ2v) is 5.11. The van der Waals surface area contributed by atoms with E-state index in [-0.39, 0.29) is 30.4 Å². The quantitative estimate of drug-likeness (QED) is 0.822. The number of rotatable bonds is 2. The van der Waals surface area contributed by atoms with Crippen molar-refractivity contribution in [1.82, 2.24) is 4.90 Å². The van der Waals surface area contributed by atoms with Gasteiger partial charge in [0.25, 0.3) is 0 Å². The van der Waals surface area contributed by atoms with Crippen LogP contribution in [0.4, 0.5) is 4.79 Å². The lowest BCUT2D eigenvalue weighted by atomic mass is 9.94. The molecule has 1 aliphatic heterocycles. The first-order chi connectivity index (χ1) is 9.08. The van der Waals surface area contributed by atoms with Crippen molar-refractivity contribution in [2.75, 3.05) is 6.54 Å². The Hall–Kier alpha value is -1.84. The van der Waals surface area contributed by atoms with Gasteiger partial charge >= 0.3 is 6.09 Å². The molecule has 1 fully saturated rings. The molecule has 2 unspecified atom stereocenters. The van der Waals surface area contributed by atoms with E-state index in [0.717, 1.165) is 5.56 Å². The van der Waals surface area contributed by atoms with Crippen molar-refractivity contribution in [3.63, 3.8) is 0 Å². The Balaban J connectivity index is 1.91. The van der Waals surface area contributed by atoms with Gasteiger partial charge in [0, 0.05) is 24.9 Å². The number of hydrogen-bond donors (Lipinski definition) is 0. The number of benzene rings is 1. The van der Waals surface area contributed by atoms with Gasteiger partial charge in [0.15, 0.2) is 0 Å². The molecular weight excluding hydrogens is 242 g/mol. The Kier molecular flexibility index (Phi) is 4.20. The normalized spacial score (nSPS) is 23.3. The van der Waals surface area contributed by atoms with Crippen LogP contribution in [0.15, 0.2) is 30.3 Å². The van der Waals surface area contributed by atoms with E-state index >= 15 is 0 Å². The maximum absolute atomic E-state index is 12.0. The highest BCUT2D eigenvalue weighted by atomic mass is 16.6. The molecule has 1 aromatic carbocycles. The Morgan fingerprint density at radius 3 is 2.68 bits per heavy atom. The fourth-order valence-corrected chi connectivity index (χ4v) is 2.24. The summed E-state index contributed by atoms with van der Waals surface area (Å²) in [7, 11) is 0. The zero-order valence-electron chi connectivity index (χ0n) is 11.3. The van der Waals surface area contributed by atoms with Crippen LogP contribution >= 0.6 is 0 Å². The number of amides is 1. The highest BCUT2D eigenvalue weighted by Crippen LogP contribution is 2.19. The van der Waals surface area contributed by atoms with Gasteiger partial charge in [-0.15, -0.1) is 0 Å². The number of carbonyl (C=O) groups is 2. The van der Waals surface area contributed by atoms with Gasteiger partial charge in [0.1, 0.15) is 12.4 Å². The van der Waals surface area contributed by atoms with E-state index in [1.54, 1.807) is 4.90 Å². The van der Waals surface area contributed by atoms with Crippen LogP contribution in [0.25, 0.3) is 0 Å². The Morgan fingerprint density at radius 2 is 2.00 bits per heavy atom. The van der Waals surface area contributed by atoms with E-state index in [1.165, 1.54) is 0 Å². The number of carbonyl (C=O) groups excluding carboxylic acids is 2. The fourth-order valence-electron chi connectivity index (χ4n) is 2.24. The SMILES string of the molecule is CC1CN(C(=O)OCc2ccccc2)C(C)CC1=O. The molecule has 0 aromatic heterocycles. The lowest BCUT2D eigenvalue weighted by Gasteiger charge is -2.34. The summed E-state index contributed by atoms with van der Waals surface area (Å²) in [5.41, 5.74) is 0.963. The minimum atomic E-state index is -0.337. The third-order valence-corrected chi connectivity index (χ3v) is 3.49. The summed E-state index contributed by atoms with van der Waals surface area (Å²) in [4.78, 5) is 25.2. The number of hydrogen-bond acceptors (Lipinski definition) is 3. The monoisotopic (exact) mass is 261 g/mol. The minimum Gasteiger partial charge on any atom is -0.445 e. The Morgan fingerprint density at radius 1 is 1.32 bits per heavy atom. The molecule has 1 aromatic rings. The van der Waals surface area contributed by atoms with Crippen molar-refractivity contribution in [3.05, 3.63) is 35.9 Å². The van der Waals surface area contributed by atoms with E-state index in [2.05, 4.69) is 0 Å². The molecule has 1 saturated heterocycles. The highest BCUT2D eigenvalue weighted by molar-refractivity contribution is 5.84. The van der Waals surface area contributed by atoms with Gasteiger partial charge in [-0.1, -0.05) is 37.3 Å². The summed E-state index contributed by atoms with van der Waals surface area (Å²) in [6.45, 7) is 4.46. The van der Waals surface area contributed by atoms with Crippen LogP contribution in [-0.4, -0.2) is 29.4 Å². The second kappa shape index (κ2) is 5.87. The van der Waals surface area contributed by atoms with Crippen LogP contribution in [0, 0.1) is 5.92 Å². The third-order valence-electron chi connectivity index (χ3n) is 3.49. The zero-order chi connectivity index (χ0) is 13.8. The fraction of sp³-hybridized carbons (Fsp3) is 0.467. The molecule has 1 amide bonds. The van der Waals surface area contributed by atoms with Crippen molar-refractivity contribution < 1.29 is 14.3 Å². The van der Waals surface area contributed by atoms with E-state index in [9.17, 15) is 9.59 Å². The molecule has 0 spiro atoms. The summed E-state index contributed by atoms with van der Waals surface area (Å²) in [6, 6.07) is 9.50. The van der Waals surface area contributed by atoms with E-state index in [1.807, 2.05) is 44.2 Å². The number of ketones is 1. The number of likely N-dealkylation sites (tertiary alicyclic amines) is 1. The van der Waals surface area contributed by atoms with Crippen LogP contribution in [0.2, 0.25) is 0 Å². The molecule has 102 valence electrons. The first-order valence-corrected chi connectivity index (χ1v) is 6.58. The predicted octanol–water partition coefficient (Wildman–Crippen LogP) is 2.62. The number of Topliss-reactive ketones (excluding diaryl/α,β-unsaturated/α-hetero) is 1. The molecule has 0 saturated carbocycles. The summed E-state index contributed by atoms with van der Waals surface area (Å²) < 4.78 is 5.30. The van der Waals surface area contributed by atoms with Gasteiger partial charge in [-0.3, -0.25) is 4.79 Å². The highest BCUT2D eigenvalue weighted by Gasteiger charge is 2.32. The smallest absolute Gasteiger partial charge is 0.410 e. The second-order valence-electron chi connectivity index (χ2n) is 5.11. The molecule has 4 nitrogen and oxygen atoms in total. The summed E-state index contributed by atoms with van der Waals surface area (Å²) in [5.74, 6) is 0.125. The van der Waals surface area contributed by atoms with Gasteiger partial charge in [-0.05, 0) is 12.5 Å². The van der Waals surface area contributed by atoms with Crippen LogP contribution in [0.5, 0.6) is 0 Å². The maximum Gasteiger partial charge on any atom is 0.410 e. The van der Waals surface area contributed by atoms with Gasteiger partial charge in [0.05, 0.1) is 0 Å². The largest absolute Gasteiger partial charge is 0.445 e. The molecule has 2 rings (SSSR count). The number of nitrogens with zero attached hydrogens (tertiary/aromatic N) is 1. The molecular formula is C15H19NO3. The Bertz CT molecular complexity index is 458. The van der Waals surface area contributed by atoms with Crippen molar-refractivity contribution in [2.24, 2.45) is 5.92 Å². The van der Waals surface area contributed by atoms with Gasteiger partial charge < -0.3 is 9.64 Å². The first-order valence-electron chi connectivity index (χ1n) is 6.58. The van der Waals surface area contributed by atoms with Crippen LogP contribution < -0.4 is 0 Å². The molecule has 4 heteroatoms. The molecule has 1 heterocycles. The maximum atomic E-state index is 12.0. The Labute approximate surface area is 113 Å². The molecule has 19 heavy (non-hydrogen) atoms. The lowest BCUT2D eigenvalue weighted by Crippen LogP contribution is -2.48. The van der Waals surface area contributed by atoms with Gasteiger partial charge in [-0.2, -0.15) is 0 Å².